The summed E-state index contributed by atoms with van der Waals surface area (Å²) in [5, 5.41) is 9.01. The lowest BCUT2D eigenvalue weighted by molar-refractivity contribution is 0.0132. The number of halogens is 2. The Balaban J connectivity index is 2.11. The van der Waals surface area contributed by atoms with Gasteiger partial charge < -0.3 is 14.4 Å². The minimum absolute atomic E-state index is 0.0529. The number of rotatable bonds is 4. The SMILES string of the molecule is N#C[C@@H]1COCCN1C(=O)c1ccnc(OCC(F)F)c1. The molecule has 0 saturated carbocycles. The highest BCUT2D eigenvalue weighted by Crippen LogP contribution is 2.16. The zero-order valence-electron chi connectivity index (χ0n) is 11.0. The molecule has 6 nitrogen and oxygen atoms in total. The maximum absolute atomic E-state index is 12.3. The van der Waals surface area contributed by atoms with Crippen molar-refractivity contribution in [2.75, 3.05) is 26.4 Å². The van der Waals surface area contributed by atoms with Gasteiger partial charge in [-0.3, -0.25) is 4.79 Å². The number of carbonyl (C=O) groups is 1. The monoisotopic (exact) mass is 297 g/mol. The number of hydrogen-bond acceptors (Lipinski definition) is 5. The summed E-state index contributed by atoms with van der Waals surface area (Å²) in [6, 6.07) is 4.06. The van der Waals surface area contributed by atoms with E-state index in [1.165, 1.54) is 23.2 Å². The van der Waals surface area contributed by atoms with Crippen LogP contribution in [0.25, 0.3) is 0 Å². The van der Waals surface area contributed by atoms with E-state index in [1.54, 1.807) is 0 Å². The average Bonchev–Trinajstić information content (AvgIpc) is 2.52. The highest BCUT2D eigenvalue weighted by molar-refractivity contribution is 5.94. The van der Waals surface area contributed by atoms with Crippen LogP contribution in [0.1, 0.15) is 10.4 Å². The van der Waals surface area contributed by atoms with E-state index in [0.29, 0.717) is 13.2 Å². The van der Waals surface area contributed by atoms with Gasteiger partial charge in [0.25, 0.3) is 12.3 Å². The molecule has 1 atom stereocenters. The first-order chi connectivity index (χ1) is 10.1. The standard InChI is InChI=1S/C13H13F2N3O3/c14-11(15)8-21-12-5-9(1-2-17-12)13(19)18-3-4-20-7-10(18)6-16/h1-2,5,10-11H,3-4,7-8H2/t10-/m1/s1. The molecule has 0 bridgehead atoms. The molecule has 1 aliphatic rings. The van der Waals surface area contributed by atoms with Crippen LogP contribution in [0.4, 0.5) is 8.78 Å². The molecular weight excluding hydrogens is 284 g/mol. The Morgan fingerprint density at radius 3 is 3.19 bits per heavy atom. The maximum Gasteiger partial charge on any atom is 0.272 e. The number of morpholine rings is 1. The van der Waals surface area contributed by atoms with E-state index in [4.69, 9.17) is 14.7 Å². The van der Waals surface area contributed by atoms with Crippen LogP contribution in [-0.4, -0.2) is 54.6 Å². The van der Waals surface area contributed by atoms with Crippen molar-refractivity contribution in [2.24, 2.45) is 0 Å². The third-order valence-electron chi connectivity index (χ3n) is 2.88. The number of nitrogens with zero attached hydrogens (tertiary/aromatic N) is 3. The molecule has 0 aliphatic carbocycles. The van der Waals surface area contributed by atoms with Gasteiger partial charge in [0.2, 0.25) is 5.88 Å². The molecule has 1 aromatic rings. The number of amides is 1. The Kier molecular flexibility index (Phi) is 5.00. The van der Waals surface area contributed by atoms with Gasteiger partial charge in [0.1, 0.15) is 6.04 Å². The Morgan fingerprint density at radius 1 is 1.67 bits per heavy atom. The predicted molar refractivity (Wildman–Crippen MR) is 67.0 cm³/mol. The molecule has 1 amide bonds. The first-order valence-electron chi connectivity index (χ1n) is 6.27. The minimum atomic E-state index is -2.62. The molecule has 0 radical (unpaired) electrons. The number of pyridine rings is 1. The molecule has 112 valence electrons. The van der Waals surface area contributed by atoms with E-state index >= 15 is 0 Å². The minimum Gasteiger partial charge on any atom is -0.472 e. The Bertz CT molecular complexity index is 548. The Morgan fingerprint density at radius 2 is 2.48 bits per heavy atom. The summed E-state index contributed by atoms with van der Waals surface area (Å²) in [4.78, 5) is 17.5. The molecule has 2 rings (SSSR count). The van der Waals surface area contributed by atoms with Crippen LogP contribution in [0, 0.1) is 11.3 Å². The van der Waals surface area contributed by atoms with E-state index in [1.807, 2.05) is 6.07 Å². The maximum atomic E-state index is 12.3. The molecule has 1 saturated heterocycles. The van der Waals surface area contributed by atoms with Crippen LogP contribution in [0.15, 0.2) is 18.3 Å². The Hall–Kier alpha value is -2.27. The van der Waals surface area contributed by atoms with Crippen LogP contribution in [-0.2, 0) is 4.74 Å². The van der Waals surface area contributed by atoms with E-state index in [-0.39, 0.29) is 24.0 Å². The highest BCUT2D eigenvalue weighted by Gasteiger charge is 2.28. The molecule has 21 heavy (non-hydrogen) atoms. The summed E-state index contributed by atoms with van der Waals surface area (Å²) in [5.41, 5.74) is 0.233. The second kappa shape index (κ2) is 6.95. The summed E-state index contributed by atoms with van der Waals surface area (Å²) < 4.78 is 34.1. The largest absolute Gasteiger partial charge is 0.472 e. The summed E-state index contributed by atoms with van der Waals surface area (Å²) in [5.74, 6) is -0.433. The molecule has 8 heteroatoms. The normalized spacial score (nSPS) is 18.4. The zero-order chi connectivity index (χ0) is 15.2. The molecule has 1 fully saturated rings. The zero-order valence-corrected chi connectivity index (χ0v) is 11.0. The fraction of sp³-hybridized carbons (Fsp3) is 0.462. The third-order valence-corrected chi connectivity index (χ3v) is 2.88. The van der Waals surface area contributed by atoms with Gasteiger partial charge in [0, 0.05) is 24.4 Å². The molecular formula is C13H13F2N3O3. The molecule has 1 aromatic heterocycles. The van der Waals surface area contributed by atoms with Crippen LogP contribution in [0.3, 0.4) is 0 Å². The van der Waals surface area contributed by atoms with Crippen LogP contribution >= 0.6 is 0 Å². The molecule has 2 heterocycles. The second-order valence-corrected chi connectivity index (χ2v) is 4.30. The van der Waals surface area contributed by atoms with Gasteiger partial charge in [-0.25, -0.2) is 13.8 Å². The van der Waals surface area contributed by atoms with Gasteiger partial charge >= 0.3 is 0 Å². The van der Waals surface area contributed by atoms with Gasteiger partial charge in [-0.2, -0.15) is 5.26 Å². The van der Waals surface area contributed by atoms with Crippen molar-refractivity contribution >= 4 is 5.91 Å². The highest BCUT2D eigenvalue weighted by atomic mass is 19.3. The van der Waals surface area contributed by atoms with Crippen molar-refractivity contribution in [3.8, 4) is 11.9 Å². The lowest BCUT2D eigenvalue weighted by atomic mass is 10.2. The quantitative estimate of drug-likeness (QED) is 0.831. The van der Waals surface area contributed by atoms with Gasteiger partial charge in [-0.15, -0.1) is 0 Å². The number of hydrogen-bond donors (Lipinski definition) is 0. The molecule has 0 unspecified atom stereocenters. The summed E-state index contributed by atoms with van der Waals surface area (Å²) >= 11 is 0. The van der Waals surface area contributed by atoms with E-state index in [0.717, 1.165) is 0 Å². The topological polar surface area (TPSA) is 75.5 Å². The van der Waals surface area contributed by atoms with Crippen LogP contribution in [0.2, 0.25) is 0 Å². The van der Waals surface area contributed by atoms with Crippen LogP contribution in [0.5, 0.6) is 5.88 Å². The molecule has 0 spiro atoms. The smallest absolute Gasteiger partial charge is 0.272 e. The van der Waals surface area contributed by atoms with E-state index in [2.05, 4.69) is 4.98 Å². The van der Waals surface area contributed by atoms with E-state index < -0.39 is 19.1 Å². The Labute approximate surface area is 119 Å². The lowest BCUT2D eigenvalue weighted by Crippen LogP contribution is -2.47. The summed E-state index contributed by atoms with van der Waals surface area (Å²) in [6.45, 7) is 0.0153. The summed E-state index contributed by atoms with van der Waals surface area (Å²) in [7, 11) is 0. The number of ether oxygens (including phenoxy) is 2. The fourth-order valence-corrected chi connectivity index (χ4v) is 1.89. The van der Waals surface area contributed by atoms with Crippen molar-refractivity contribution in [1.29, 1.82) is 5.26 Å². The predicted octanol–water partition coefficient (Wildman–Crippen LogP) is 1.09. The first kappa shape index (κ1) is 15.1. The second-order valence-electron chi connectivity index (χ2n) is 4.30. The van der Waals surface area contributed by atoms with Crippen molar-refractivity contribution in [1.82, 2.24) is 9.88 Å². The van der Waals surface area contributed by atoms with Crippen molar-refractivity contribution in [2.45, 2.75) is 12.5 Å². The summed E-state index contributed by atoms with van der Waals surface area (Å²) in [6.07, 6.45) is -1.32. The molecule has 1 aliphatic heterocycles. The molecule has 0 aromatic carbocycles. The van der Waals surface area contributed by atoms with Crippen molar-refractivity contribution in [3.63, 3.8) is 0 Å². The average molecular weight is 297 g/mol. The van der Waals surface area contributed by atoms with Gasteiger partial charge in [-0.05, 0) is 6.07 Å². The van der Waals surface area contributed by atoms with Crippen molar-refractivity contribution in [3.05, 3.63) is 23.9 Å². The van der Waals surface area contributed by atoms with Gasteiger partial charge in [0.05, 0.1) is 19.3 Å². The first-order valence-corrected chi connectivity index (χ1v) is 6.27. The van der Waals surface area contributed by atoms with Crippen LogP contribution < -0.4 is 4.74 Å². The van der Waals surface area contributed by atoms with Gasteiger partial charge in [0.15, 0.2) is 6.61 Å². The molecule has 0 N–H and O–H groups in total. The van der Waals surface area contributed by atoms with E-state index in [9.17, 15) is 13.6 Å². The lowest BCUT2D eigenvalue weighted by Gasteiger charge is -2.31. The fourth-order valence-electron chi connectivity index (χ4n) is 1.89. The third kappa shape index (κ3) is 3.86. The number of nitriles is 1. The van der Waals surface area contributed by atoms with Gasteiger partial charge in [-0.1, -0.05) is 0 Å². The number of aromatic nitrogens is 1. The number of alkyl halides is 2. The number of carbonyl (C=O) groups excluding carboxylic acids is 1. The van der Waals surface area contributed by atoms with Crippen molar-refractivity contribution < 1.29 is 23.0 Å².